The number of carbonyl (C=O) groups is 2. The Kier molecular flexibility index (Phi) is 33.0. The predicted octanol–water partition coefficient (Wildman–Crippen LogP) is 9.47. The second-order valence-corrected chi connectivity index (χ2v) is 13.4. The molecular weight excluding hydrogens is 657 g/mol. The van der Waals surface area contributed by atoms with Crippen molar-refractivity contribution in [3.8, 4) is 0 Å². The first-order valence-electron chi connectivity index (χ1n) is 18.5. The molecule has 0 heterocycles. The van der Waals surface area contributed by atoms with E-state index < -0.39 is 45.1 Å². The highest BCUT2D eigenvalue weighted by atomic mass is 31.2. The molecule has 0 aromatic heterocycles. The van der Waals surface area contributed by atoms with Crippen LogP contribution in [0.5, 0.6) is 0 Å². The molecule has 10 nitrogen and oxygen atoms in total. The lowest BCUT2D eigenvalue weighted by atomic mass is 10.1. The van der Waals surface area contributed by atoms with E-state index in [0.717, 1.165) is 96.3 Å². The van der Waals surface area contributed by atoms with Crippen molar-refractivity contribution in [3.05, 3.63) is 72.9 Å². The molecule has 3 atom stereocenters. The summed E-state index contributed by atoms with van der Waals surface area (Å²) in [5, 5.41) is 8.85. The third-order valence-corrected chi connectivity index (χ3v) is 8.15. The summed E-state index contributed by atoms with van der Waals surface area (Å²) in [5.74, 6) is -1.82. The molecule has 286 valence electrons. The number of ether oxygens (including phenoxy) is 2. The summed E-state index contributed by atoms with van der Waals surface area (Å²) in [5.41, 5.74) is 5.32. The van der Waals surface area contributed by atoms with Crippen molar-refractivity contribution in [1.82, 2.24) is 0 Å². The lowest BCUT2D eigenvalue weighted by molar-refractivity contribution is -0.154. The van der Waals surface area contributed by atoms with E-state index in [9.17, 15) is 19.0 Å². The van der Waals surface area contributed by atoms with Gasteiger partial charge < -0.3 is 25.2 Å². The summed E-state index contributed by atoms with van der Waals surface area (Å²) in [4.78, 5) is 33.3. The molecule has 3 unspecified atom stereocenters. The molecule has 0 radical (unpaired) electrons. The van der Waals surface area contributed by atoms with E-state index in [1.165, 1.54) is 0 Å². The van der Waals surface area contributed by atoms with Gasteiger partial charge in [-0.1, -0.05) is 112 Å². The van der Waals surface area contributed by atoms with Gasteiger partial charge in [0.15, 0.2) is 0 Å². The fourth-order valence-electron chi connectivity index (χ4n) is 4.34. The molecule has 4 N–H and O–H groups in total. The van der Waals surface area contributed by atoms with Crippen molar-refractivity contribution >= 4 is 19.8 Å². The van der Waals surface area contributed by atoms with Gasteiger partial charge in [-0.2, -0.15) is 0 Å². The Morgan fingerprint density at radius 3 is 1.76 bits per heavy atom. The summed E-state index contributed by atoms with van der Waals surface area (Å²) >= 11 is 0. The summed E-state index contributed by atoms with van der Waals surface area (Å²) in [7, 11) is -4.62. The Morgan fingerprint density at radius 2 is 1.16 bits per heavy atom. The fraction of sp³-hybridized carbons (Fsp3) is 0.641. The first-order valence-corrected chi connectivity index (χ1v) is 20.0. The largest absolute Gasteiger partial charge is 0.480 e. The highest BCUT2D eigenvalue weighted by Crippen LogP contribution is 2.43. The number of carboxylic acids is 1. The van der Waals surface area contributed by atoms with Gasteiger partial charge in [-0.05, 0) is 77.0 Å². The van der Waals surface area contributed by atoms with Crippen molar-refractivity contribution in [2.75, 3.05) is 26.4 Å². The Bertz CT molecular complexity index is 1070. The predicted molar refractivity (Wildman–Crippen MR) is 203 cm³/mol. The number of carboxylic acid groups (broad SMARTS) is 1. The second kappa shape index (κ2) is 34.8. The van der Waals surface area contributed by atoms with Crippen LogP contribution in [0.2, 0.25) is 0 Å². The van der Waals surface area contributed by atoms with Gasteiger partial charge in [-0.25, -0.2) is 4.57 Å². The highest BCUT2D eigenvalue weighted by molar-refractivity contribution is 7.47. The number of hydrogen-bond donors (Lipinski definition) is 3. The van der Waals surface area contributed by atoms with Gasteiger partial charge in [0.05, 0.1) is 19.8 Å². The molecule has 0 aromatic carbocycles. The van der Waals surface area contributed by atoms with Crippen molar-refractivity contribution in [3.63, 3.8) is 0 Å². The molecule has 0 amide bonds. The van der Waals surface area contributed by atoms with E-state index in [0.29, 0.717) is 13.0 Å². The maximum Gasteiger partial charge on any atom is 0.472 e. The molecular formula is C39H66NO9P. The van der Waals surface area contributed by atoms with Crippen LogP contribution < -0.4 is 5.73 Å². The average Bonchev–Trinajstić information content (AvgIpc) is 3.09. The summed E-state index contributed by atoms with van der Waals surface area (Å²) in [6.07, 6.45) is 41.1. The molecule has 11 heteroatoms. The number of rotatable bonds is 34. The smallest absolute Gasteiger partial charge is 0.472 e. The van der Waals surface area contributed by atoms with Crippen LogP contribution in [0.1, 0.15) is 123 Å². The first-order chi connectivity index (χ1) is 24.2. The van der Waals surface area contributed by atoms with Crippen LogP contribution in [-0.4, -0.2) is 60.5 Å². The van der Waals surface area contributed by atoms with Gasteiger partial charge >= 0.3 is 19.8 Å². The standard InChI is InChI=1S/C39H66NO9P/c1-3-5-7-9-11-13-15-16-17-18-19-20-21-22-24-26-28-30-32-46-33-36(34-47-50(44,45)48-35-37(40)39(42)43)49-38(41)31-29-27-25-23-14-12-10-8-6-4-2/h5,7-8,10-11,13,16-17,19-20,22,24,36-37H,3-4,6,9,12,14-15,18,21,23,25-35,40H2,1-2H3,(H,42,43)(H,44,45)/b7-5-,10-8-,13-11-,17-16-,20-19-,24-22-. The molecule has 0 aliphatic heterocycles. The van der Waals surface area contributed by atoms with Gasteiger partial charge in [0.2, 0.25) is 0 Å². The number of unbranched alkanes of at least 4 members (excludes halogenated alkanes) is 8. The van der Waals surface area contributed by atoms with Crippen LogP contribution in [0.4, 0.5) is 0 Å². The Hall–Kier alpha value is -2.59. The van der Waals surface area contributed by atoms with Crippen LogP contribution in [-0.2, 0) is 32.7 Å². The van der Waals surface area contributed by atoms with E-state index in [-0.39, 0.29) is 13.0 Å². The number of phosphoric ester groups is 1. The minimum atomic E-state index is -4.62. The summed E-state index contributed by atoms with van der Waals surface area (Å²) < 4.78 is 33.1. The SMILES string of the molecule is CC/C=C\C/C=C\C/C=C\C/C=C\C/C=C\CCCCOCC(COP(=O)(O)OCC(N)C(=O)O)OC(=O)CCCCCCC/C=C\CCC. The summed E-state index contributed by atoms with van der Waals surface area (Å²) in [6.45, 7) is 3.54. The quantitative estimate of drug-likeness (QED) is 0.0253. The highest BCUT2D eigenvalue weighted by Gasteiger charge is 2.27. The molecule has 0 bridgehead atoms. The number of carbonyl (C=O) groups excluding carboxylic acids is 1. The van der Waals surface area contributed by atoms with E-state index in [1.54, 1.807) is 0 Å². The zero-order chi connectivity index (χ0) is 37.0. The van der Waals surface area contributed by atoms with Crippen LogP contribution in [0, 0.1) is 0 Å². The lowest BCUT2D eigenvalue weighted by Gasteiger charge is -2.20. The minimum Gasteiger partial charge on any atom is -0.480 e. The maximum atomic E-state index is 12.5. The van der Waals surface area contributed by atoms with Crippen LogP contribution >= 0.6 is 7.82 Å². The molecule has 0 aliphatic rings. The van der Waals surface area contributed by atoms with E-state index in [4.69, 9.17) is 24.8 Å². The van der Waals surface area contributed by atoms with Crippen LogP contribution in [0.15, 0.2) is 72.9 Å². The Balaban J connectivity index is 4.41. The van der Waals surface area contributed by atoms with Gasteiger partial charge in [0.25, 0.3) is 0 Å². The van der Waals surface area contributed by atoms with E-state index in [1.807, 2.05) is 0 Å². The first kappa shape index (κ1) is 47.4. The molecule has 0 rings (SSSR count). The second-order valence-electron chi connectivity index (χ2n) is 12.0. The molecule has 0 saturated carbocycles. The third kappa shape index (κ3) is 33.9. The van der Waals surface area contributed by atoms with Crippen molar-refractivity contribution in [2.24, 2.45) is 5.73 Å². The Labute approximate surface area is 302 Å². The number of nitrogens with two attached hydrogens (primary N) is 1. The lowest BCUT2D eigenvalue weighted by Crippen LogP contribution is -2.34. The number of esters is 1. The van der Waals surface area contributed by atoms with Gasteiger partial charge in [-0.3, -0.25) is 18.6 Å². The van der Waals surface area contributed by atoms with Crippen molar-refractivity contribution < 1.29 is 42.7 Å². The molecule has 0 aromatic rings. The number of hydrogen-bond acceptors (Lipinski definition) is 8. The zero-order valence-corrected chi connectivity index (χ0v) is 31.6. The van der Waals surface area contributed by atoms with E-state index >= 15 is 0 Å². The van der Waals surface area contributed by atoms with Crippen LogP contribution in [0.25, 0.3) is 0 Å². The molecule has 0 spiro atoms. The van der Waals surface area contributed by atoms with Gasteiger partial charge in [0, 0.05) is 13.0 Å². The monoisotopic (exact) mass is 723 g/mol. The fourth-order valence-corrected chi connectivity index (χ4v) is 5.11. The van der Waals surface area contributed by atoms with Crippen LogP contribution in [0.3, 0.4) is 0 Å². The van der Waals surface area contributed by atoms with Gasteiger partial charge in [0.1, 0.15) is 12.1 Å². The minimum absolute atomic E-state index is 0.0202. The summed E-state index contributed by atoms with van der Waals surface area (Å²) in [6, 6.07) is -1.48. The average molecular weight is 724 g/mol. The third-order valence-electron chi connectivity index (χ3n) is 7.20. The van der Waals surface area contributed by atoms with Crippen molar-refractivity contribution in [2.45, 2.75) is 135 Å². The normalized spacial score (nSPS) is 15.0. The van der Waals surface area contributed by atoms with Crippen molar-refractivity contribution in [1.29, 1.82) is 0 Å². The molecule has 0 saturated heterocycles. The number of aliphatic carboxylic acids is 1. The number of allylic oxidation sites excluding steroid dienone is 12. The Morgan fingerprint density at radius 1 is 0.660 bits per heavy atom. The topological polar surface area (TPSA) is 155 Å². The number of phosphoric acid groups is 1. The maximum absolute atomic E-state index is 12.5. The molecule has 0 aliphatic carbocycles. The molecule has 50 heavy (non-hydrogen) atoms. The van der Waals surface area contributed by atoms with E-state index in [2.05, 4.69) is 91.3 Å². The van der Waals surface area contributed by atoms with Gasteiger partial charge in [-0.15, -0.1) is 0 Å². The molecule has 0 fully saturated rings. The zero-order valence-electron chi connectivity index (χ0n) is 30.7.